The number of aliphatic hydroxyl groups is 2. The first-order valence-electron chi connectivity index (χ1n) is 11.9. The molecule has 0 aromatic rings. The SMILES string of the molecule is C=C(C)C(=O)OCC(=O)OC(CC(C)(C)OC(C)C(O)(C(F)(F)F)C(F)(F)F)C(C)(C)OC(C)C(C)(O)C(F)(F)F. The van der Waals surface area contributed by atoms with E-state index < -0.39 is 84.2 Å². The second-order valence-electron chi connectivity index (χ2n) is 10.8. The van der Waals surface area contributed by atoms with E-state index in [2.05, 4.69) is 11.3 Å². The molecule has 0 fully saturated rings. The lowest BCUT2D eigenvalue weighted by molar-refractivity contribution is -0.398. The molecule has 41 heavy (non-hydrogen) atoms. The summed E-state index contributed by atoms with van der Waals surface area (Å²) < 4.78 is 140. The number of hydrogen-bond acceptors (Lipinski definition) is 8. The van der Waals surface area contributed by atoms with Crippen molar-refractivity contribution in [1.82, 2.24) is 0 Å². The number of alkyl halides is 9. The Morgan fingerprint density at radius 1 is 0.780 bits per heavy atom. The first-order valence-corrected chi connectivity index (χ1v) is 11.9. The van der Waals surface area contributed by atoms with Crippen molar-refractivity contribution in [2.75, 3.05) is 6.61 Å². The Hall–Kier alpha value is -2.11. The van der Waals surface area contributed by atoms with E-state index in [0.29, 0.717) is 13.8 Å². The van der Waals surface area contributed by atoms with E-state index in [4.69, 9.17) is 14.2 Å². The van der Waals surface area contributed by atoms with E-state index in [9.17, 15) is 59.3 Å². The minimum absolute atomic E-state index is 0.119. The molecule has 0 saturated heterocycles. The summed E-state index contributed by atoms with van der Waals surface area (Å²) in [5, 5.41) is 19.6. The maximum atomic E-state index is 13.3. The van der Waals surface area contributed by atoms with Crippen LogP contribution in [-0.2, 0) is 28.5 Å². The van der Waals surface area contributed by atoms with Crippen molar-refractivity contribution in [1.29, 1.82) is 0 Å². The van der Waals surface area contributed by atoms with Crippen LogP contribution in [0.1, 0.15) is 61.8 Å². The van der Waals surface area contributed by atoms with Gasteiger partial charge in [-0.2, -0.15) is 39.5 Å². The molecule has 0 radical (unpaired) electrons. The number of hydrogen-bond donors (Lipinski definition) is 2. The van der Waals surface area contributed by atoms with Gasteiger partial charge in [-0.1, -0.05) is 6.58 Å². The van der Waals surface area contributed by atoms with Gasteiger partial charge in [0, 0.05) is 12.0 Å². The minimum atomic E-state index is -6.24. The fourth-order valence-electron chi connectivity index (χ4n) is 3.43. The summed E-state index contributed by atoms with van der Waals surface area (Å²) in [6.45, 7) is 9.01. The molecule has 0 heterocycles. The zero-order valence-electron chi connectivity index (χ0n) is 23.6. The number of rotatable bonds is 13. The van der Waals surface area contributed by atoms with Crippen LogP contribution in [0.2, 0.25) is 0 Å². The Labute approximate surface area is 230 Å². The fourth-order valence-corrected chi connectivity index (χ4v) is 3.43. The highest BCUT2D eigenvalue weighted by Gasteiger charge is 2.74. The summed E-state index contributed by atoms with van der Waals surface area (Å²) in [5.41, 5.74) is -13.0. The molecular formula is C24H35F9O8. The molecule has 0 spiro atoms. The third-order valence-corrected chi connectivity index (χ3v) is 6.19. The molecule has 0 bridgehead atoms. The van der Waals surface area contributed by atoms with Gasteiger partial charge in [-0.3, -0.25) is 0 Å². The highest BCUT2D eigenvalue weighted by Crippen LogP contribution is 2.47. The van der Waals surface area contributed by atoms with Gasteiger partial charge >= 0.3 is 30.5 Å². The van der Waals surface area contributed by atoms with Crippen LogP contribution in [0.25, 0.3) is 0 Å². The van der Waals surface area contributed by atoms with Crippen molar-refractivity contribution in [3.05, 3.63) is 12.2 Å². The molecule has 0 rings (SSSR count). The lowest BCUT2D eigenvalue weighted by atomic mass is 9.88. The molecule has 0 amide bonds. The van der Waals surface area contributed by atoms with Gasteiger partial charge in [-0.15, -0.1) is 0 Å². The lowest BCUT2D eigenvalue weighted by Crippen LogP contribution is -2.65. The Balaban J connectivity index is 6.34. The van der Waals surface area contributed by atoms with Crippen LogP contribution in [0.5, 0.6) is 0 Å². The molecule has 242 valence electrons. The van der Waals surface area contributed by atoms with Crippen molar-refractivity contribution in [3.8, 4) is 0 Å². The van der Waals surface area contributed by atoms with Crippen molar-refractivity contribution in [2.45, 2.75) is 121 Å². The van der Waals surface area contributed by atoms with Crippen LogP contribution in [0.4, 0.5) is 39.5 Å². The van der Waals surface area contributed by atoms with Crippen LogP contribution >= 0.6 is 0 Å². The van der Waals surface area contributed by atoms with Gasteiger partial charge in [0.05, 0.1) is 11.7 Å². The predicted octanol–water partition coefficient (Wildman–Crippen LogP) is 4.94. The molecular weight excluding hydrogens is 587 g/mol. The van der Waals surface area contributed by atoms with Crippen molar-refractivity contribution < 1.29 is 78.3 Å². The minimum Gasteiger partial charge on any atom is -0.457 e. The summed E-state index contributed by atoms with van der Waals surface area (Å²) in [4.78, 5) is 24.0. The molecule has 4 unspecified atom stereocenters. The van der Waals surface area contributed by atoms with Gasteiger partial charge in [0.1, 0.15) is 17.8 Å². The molecule has 0 aromatic heterocycles. The van der Waals surface area contributed by atoms with E-state index in [1.165, 1.54) is 6.92 Å². The Kier molecular flexibility index (Phi) is 12.0. The average Bonchev–Trinajstić information content (AvgIpc) is 2.72. The monoisotopic (exact) mass is 622 g/mol. The zero-order chi connectivity index (χ0) is 33.2. The summed E-state index contributed by atoms with van der Waals surface area (Å²) in [7, 11) is 0. The summed E-state index contributed by atoms with van der Waals surface area (Å²) in [6, 6.07) is 0. The fraction of sp³-hybridized carbons (Fsp3) is 0.833. The number of carbonyl (C=O) groups excluding carboxylic acids is 2. The first-order chi connectivity index (χ1) is 17.8. The third-order valence-electron chi connectivity index (χ3n) is 6.19. The standard InChI is InChI=1S/C24H35F9O8/c1-12(2)17(35)38-11-16(34)39-15(19(7,8)41-13(3)20(9,36)22(25,26)27)10-18(5,6)40-14(4)21(37,23(28,29)30)24(31,32)33/h13-15,36-37H,1,10-11H2,2-9H3. The zero-order valence-corrected chi connectivity index (χ0v) is 23.6. The number of carbonyl (C=O) groups is 2. The van der Waals surface area contributed by atoms with E-state index in [1.807, 2.05) is 0 Å². The number of ether oxygens (including phenoxy) is 4. The topological polar surface area (TPSA) is 112 Å². The van der Waals surface area contributed by atoms with Crippen LogP contribution in [-0.4, -0.2) is 88.0 Å². The van der Waals surface area contributed by atoms with Crippen LogP contribution in [0.3, 0.4) is 0 Å². The molecule has 17 heteroatoms. The number of esters is 2. The molecule has 0 aliphatic rings. The Morgan fingerprint density at radius 2 is 1.22 bits per heavy atom. The normalized spacial score (nSPS) is 17.7. The largest absolute Gasteiger partial charge is 0.457 e. The van der Waals surface area contributed by atoms with Gasteiger partial charge in [0.2, 0.25) is 0 Å². The van der Waals surface area contributed by atoms with Gasteiger partial charge < -0.3 is 29.2 Å². The lowest BCUT2D eigenvalue weighted by Gasteiger charge is -2.44. The summed E-state index contributed by atoms with van der Waals surface area (Å²) in [6.07, 6.45) is -25.3. The maximum absolute atomic E-state index is 13.3. The highest BCUT2D eigenvalue weighted by atomic mass is 19.4. The molecule has 0 aliphatic carbocycles. The molecule has 0 aliphatic heterocycles. The maximum Gasteiger partial charge on any atom is 0.428 e. The van der Waals surface area contributed by atoms with Gasteiger partial charge in [-0.05, 0) is 55.4 Å². The second kappa shape index (κ2) is 12.6. The van der Waals surface area contributed by atoms with E-state index in [-0.39, 0.29) is 5.57 Å². The van der Waals surface area contributed by atoms with E-state index >= 15 is 0 Å². The van der Waals surface area contributed by atoms with Crippen LogP contribution in [0.15, 0.2) is 12.2 Å². The Bertz CT molecular complexity index is 923. The average molecular weight is 623 g/mol. The third kappa shape index (κ3) is 9.71. The molecule has 2 N–H and O–H groups in total. The second-order valence-corrected chi connectivity index (χ2v) is 10.8. The van der Waals surface area contributed by atoms with E-state index in [1.54, 1.807) is 0 Å². The molecule has 0 saturated carbocycles. The van der Waals surface area contributed by atoms with Gasteiger partial charge in [0.25, 0.3) is 5.60 Å². The van der Waals surface area contributed by atoms with Crippen molar-refractivity contribution >= 4 is 11.9 Å². The van der Waals surface area contributed by atoms with Gasteiger partial charge in [0.15, 0.2) is 12.2 Å². The van der Waals surface area contributed by atoms with Crippen LogP contribution < -0.4 is 0 Å². The predicted molar refractivity (Wildman–Crippen MR) is 123 cm³/mol. The highest BCUT2D eigenvalue weighted by molar-refractivity contribution is 5.88. The smallest absolute Gasteiger partial charge is 0.428 e. The van der Waals surface area contributed by atoms with E-state index in [0.717, 1.165) is 34.6 Å². The first kappa shape index (κ1) is 38.9. The van der Waals surface area contributed by atoms with Crippen molar-refractivity contribution in [2.24, 2.45) is 0 Å². The number of halogens is 9. The summed E-state index contributed by atoms with van der Waals surface area (Å²) in [5.74, 6) is -2.36. The quantitative estimate of drug-likeness (QED) is 0.169. The van der Waals surface area contributed by atoms with Gasteiger partial charge in [-0.25, -0.2) is 9.59 Å². The van der Waals surface area contributed by atoms with Crippen molar-refractivity contribution in [3.63, 3.8) is 0 Å². The Morgan fingerprint density at radius 3 is 1.59 bits per heavy atom. The van der Waals surface area contributed by atoms with Crippen LogP contribution in [0, 0.1) is 0 Å². The molecule has 8 nitrogen and oxygen atoms in total. The molecule has 4 atom stereocenters. The molecule has 0 aromatic carbocycles. The summed E-state index contributed by atoms with van der Waals surface area (Å²) >= 11 is 0.